The van der Waals surface area contributed by atoms with E-state index in [-0.39, 0.29) is 18.0 Å². The smallest absolute Gasteiger partial charge is 0.250 e. The Hall–Kier alpha value is -3.48. The highest BCUT2D eigenvalue weighted by atomic mass is 19.2. The minimum absolute atomic E-state index is 0.0354. The highest BCUT2D eigenvalue weighted by Crippen LogP contribution is 2.43. The molecule has 2 atom stereocenters. The standard InChI is InChI=1S/C26H25F2N3O2/c1-16-14-30(15-29-16)24-9-3-17(12-25(24)33-2)11-19-4-6-20-7-10-23(31(20)26(19)32)18-5-8-21(27)22(28)13-18/h3,5,8-9,11-15,20,23H,4,6-7,10H2,1-2H3/b19-11+/t20-,23-/m0/s1. The Morgan fingerprint density at radius 2 is 1.94 bits per heavy atom. The van der Waals surface area contributed by atoms with Gasteiger partial charge in [-0.1, -0.05) is 12.1 Å². The number of hydrogen-bond acceptors (Lipinski definition) is 3. The van der Waals surface area contributed by atoms with Crippen molar-refractivity contribution < 1.29 is 18.3 Å². The van der Waals surface area contributed by atoms with E-state index in [1.807, 2.05) is 46.9 Å². The summed E-state index contributed by atoms with van der Waals surface area (Å²) in [5.41, 5.74) is 4.01. The molecule has 2 aliphatic rings. The van der Waals surface area contributed by atoms with Crippen LogP contribution in [0, 0.1) is 18.6 Å². The second-order valence-electron chi connectivity index (χ2n) is 8.69. The molecule has 3 aromatic rings. The summed E-state index contributed by atoms with van der Waals surface area (Å²) in [4.78, 5) is 19.6. The van der Waals surface area contributed by atoms with Crippen molar-refractivity contribution in [3.63, 3.8) is 0 Å². The fraction of sp³-hybridized carbons (Fsp3) is 0.308. The summed E-state index contributed by atoms with van der Waals surface area (Å²) in [6, 6.07) is 9.65. The van der Waals surface area contributed by atoms with Crippen LogP contribution in [0.15, 0.2) is 54.5 Å². The van der Waals surface area contributed by atoms with Crippen molar-refractivity contribution in [1.29, 1.82) is 0 Å². The summed E-state index contributed by atoms with van der Waals surface area (Å²) in [5, 5.41) is 0. The maximum absolute atomic E-state index is 13.8. The third kappa shape index (κ3) is 3.92. The largest absolute Gasteiger partial charge is 0.495 e. The molecule has 5 rings (SSSR count). The number of benzene rings is 2. The zero-order valence-electron chi connectivity index (χ0n) is 18.6. The van der Waals surface area contributed by atoms with Gasteiger partial charge in [0.2, 0.25) is 0 Å². The van der Waals surface area contributed by atoms with Gasteiger partial charge in [-0.15, -0.1) is 0 Å². The van der Waals surface area contributed by atoms with Crippen LogP contribution in [0.25, 0.3) is 11.8 Å². The quantitative estimate of drug-likeness (QED) is 0.503. The van der Waals surface area contributed by atoms with Gasteiger partial charge in [-0.2, -0.15) is 0 Å². The van der Waals surface area contributed by atoms with Gasteiger partial charge in [0.05, 0.1) is 30.9 Å². The Morgan fingerprint density at radius 3 is 2.67 bits per heavy atom. The third-order valence-electron chi connectivity index (χ3n) is 6.62. The van der Waals surface area contributed by atoms with Gasteiger partial charge in [0.15, 0.2) is 11.6 Å². The Labute approximate surface area is 191 Å². The van der Waals surface area contributed by atoms with Gasteiger partial charge in [-0.3, -0.25) is 4.79 Å². The topological polar surface area (TPSA) is 47.4 Å². The summed E-state index contributed by atoms with van der Waals surface area (Å²) in [6.07, 6.45) is 8.74. The average molecular weight is 450 g/mol. The maximum atomic E-state index is 13.8. The zero-order chi connectivity index (χ0) is 23.1. The normalized spacial score (nSPS) is 21.5. The van der Waals surface area contributed by atoms with E-state index in [9.17, 15) is 13.6 Å². The SMILES string of the molecule is COc1cc(/C=C2\CC[C@H]3CC[C@@H](c4ccc(F)c(F)c4)N3C2=O)ccc1-n1cnc(C)c1. The molecule has 1 amide bonds. The molecule has 0 unspecified atom stereocenters. The summed E-state index contributed by atoms with van der Waals surface area (Å²) in [5.74, 6) is -1.10. The van der Waals surface area contributed by atoms with Crippen LogP contribution in [0.3, 0.4) is 0 Å². The van der Waals surface area contributed by atoms with E-state index in [2.05, 4.69) is 4.98 Å². The van der Waals surface area contributed by atoms with E-state index in [1.54, 1.807) is 19.5 Å². The molecular formula is C26H25F2N3O2. The van der Waals surface area contributed by atoms with E-state index in [1.165, 1.54) is 6.07 Å². The Morgan fingerprint density at radius 1 is 1.09 bits per heavy atom. The van der Waals surface area contributed by atoms with Crippen LogP contribution in [0.2, 0.25) is 0 Å². The molecule has 0 spiro atoms. The van der Waals surface area contributed by atoms with Gasteiger partial charge < -0.3 is 14.2 Å². The van der Waals surface area contributed by atoms with Gasteiger partial charge in [-0.05, 0) is 74.1 Å². The second-order valence-corrected chi connectivity index (χ2v) is 8.69. The predicted octanol–water partition coefficient (Wildman–Crippen LogP) is 5.38. The molecular weight excluding hydrogens is 424 g/mol. The molecule has 2 aliphatic heterocycles. The number of carbonyl (C=O) groups is 1. The number of aryl methyl sites for hydroxylation is 1. The van der Waals surface area contributed by atoms with Gasteiger partial charge in [-0.25, -0.2) is 13.8 Å². The lowest BCUT2D eigenvalue weighted by molar-refractivity contribution is -0.131. The van der Waals surface area contributed by atoms with E-state index in [0.717, 1.165) is 42.3 Å². The number of rotatable bonds is 4. The van der Waals surface area contributed by atoms with Crippen LogP contribution in [-0.4, -0.2) is 33.5 Å². The van der Waals surface area contributed by atoms with Crippen molar-refractivity contribution in [1.82, 2.24) is 14.5 Å². The number of methoxy groups -OCH3 is 1. The van der Waals surface area contributed by atoms with Crippen molar-refractivity contribution in [2.24, 2.45) is 0 Å². The van der Waals surface area contributed by atoms with Gasteiger partial charge in [0.25, 0.3) is 5.91 Å². The lowest BCUT2D eigenvalue weighted by Crippen LogP contribution is -2.41. The first kappa shape index (κ1) is 21.4. The highest BCUT2D eigenvalue weighted by Gasteiger charge is 2.41. The summed E-state index contributed by atoms with van der Waals surface area (Å²) in [6.45, 7) is 1.93. The number of amides is 1. The minimum atomic E-state index is -0.878. The monoisotopic (exact) mass is 449 g/mol. The van der Waals surface area contributed by atoms with Crippen LogP contribution in [0.1, 0.15) is 48.5 Å². The molecule has 7 heteroatoms. The fourth-order valence-electron chi connectivity index (χ4n) is 5.00. The number of halogens is 2. The Bertz CT molecular complexity index is 1250. The molecule has 0 radical (unpaired) electrons. The molecule has 0 N–H and O–H groups in total. The maximum Gasteiger partial charge on any atom is 0.250 e. The first-order valence-electron chi connectivity index (χ1n) is 11.1. The lowest BCUT2D eigenvalue weighted by atomic mass is 9.95. The van der Waals surface area contributed by atoms with Crippen molar-refractivity contribution in [3.05, 3.63) is 83.0 Å². The molecule has 5 nitrogen and oxygen atoms in total. The van der Waals surface area contributed by atoms with E-state index in [0.29, 0.717) is 23.3 Å². The number of piperidine rings is 1. The molecule has 0 aliphatic carbocycles. The molecule has 0 bridgehead atoms. The van der Waals surface area contributed by atoms with Crippen LogP contribution in [-0.2, 0) is 4.79 Å². The van der Waals surface area contributed by atoms with E-state index in [4.69, 9.17) is 4.74 Å². The van der Waals surface area contributed by atoms with Crippen molar-refractivity contribution in [2.45, 2.75) is 44.7 Å². The fourth-order valence-corrected chi connectivity index (χ4v) is 5.00. The van der Waals surface area contributed by atoms with Gasteiger partial charge in [0, 0.05) is 17.8 Å². The number of aromatic nitrogens is 2. The average Bonchev–Trinajstić information content (AvgIpc) is 3.44. The first-order valence-corrected chi connectivity index (χ1v) is 11.1. The number of ether oxygens (including phenoxy) is 1. The summed E-state index contributed by atoms with van der Waals surface area (Å²) >= 11 is 0. The first-order chi connectivity index (χ1) is 15.9. The number of fused-ring (bicyclic) bond motifs is 1. The second kappa shape index (κ2) is 8.46. The Balaban J connectivity index is 1.43. The van der Waals surface area contributed by atoms with Gasteiger partial charge in [0.1, 0.15) is 5.75 Å². The van der Waals surface area contributed by atoms with E-state index < -0.39 is 11.6 Å². The van der Waals surface area contributed by atoms with E-state index >= 15 is 0 Å². The summed E-state index contributed by atoms with van der Waals surface area (Å²) in [7, 11) is 1.62. The number of imidazole rings is 1. The van der Waals surface area contributed by atoms with Crippen LogP contribution < -0.4 is 4.74 Å². The molecule has 2 saturated heterocycles. The molecule has 170 valence electrons. The van der Waals surface area contributed by atoms with Gasteiger partial charge >= 0.3 is 0 Å². The molecule has 0 saturated carbocycles. The molecule has 2 aromatic carbocycles. The molecule has 33 heavy (non-hydrogen) atoms. The molecule has 1 aromatic heterocycles. The summed E-state index contributed by atoms with van der Waals surface area (Å²) < 4.78 is 34.8. The van der Waals surface area contributed by atoms with Crippen LogP contribution in [0.5, 0.6) is 5.75 Å². The lowest BCUT2D eigenvalue weighted by Gasteiger charge is -2.35. The van der Waals surface area contributed by atoms with Crippen LogP contribution in [0.4, 0.5) is 8.78 Å². The molecule has 3 heterocycles. The predicted molar refractivity (Wildman–Crippen MR) is 121 cm³/mol. The van der Waals surface area contributed by atoms with Crippen molar-refractivity contribution in [2.75, 3.05) is 7.11 Å². The number of hydrogen-bond donors (Lipinski definition) is 0. The van der Waals surface area contributed by atoms with Crippen LogP contribution >= 0.6 is 0 Å². The highest BCUT2D eigenvalue weighted by molar-refractivity contribution is 5.99. The minimum Gasteiger partial charge on any atom is -0.495 e. The number of nitrogens with zero attached hydrogens (tertiary/aromatic N) is 3. The van der Waals surface area contributed by atoms with Crippen molar-refractivity contribution in [3.8, 4) is 11.4 Å². The zero-order valence-corrected chi connectivity index (χ0v) is 18.6. The third-order valence-corrected chi connectivity index (χ3v) is 6.62. The Kier molecular flexibility index (Phi) is 5.48. The van der Waals surface area contributed by atoms with Crippen molar-refractivity contribution >= 4 is 12.0 Å². The molecule has 2 fully saturated rings. The number of carbonyl (C=O) groups excluding carboxylic acids is 1.